The van der Waals surface area contributed by atoms with E-state index in [-0.39, 0.29) is 17.8 Å². The fraction of sp³-hybridized carbons (Fsp3) is 0.227. The summed E-state index contributed by atoms with van der Waals surface area (Å²) < 4.78 is 9.87. The number of amides is 1. The maximum absolute atomic E-state index is 12.9. The van der Waals surface area contributed by atoms with E-state index in [0.717, 1.165) is 0 Å². The van der Waals surface area contributed by atoms with E-state index in [1.165, 1.54) is 24.1 Å². The number of benzene rings is 2. The highest BCUT2D eigenvalue weighted by molar-refractivity contribution is 6.16. The second-order valence-electron chi connectivity index (χ2n) is 6.43. The topological polar surface area (TPSA) is 93.1 Å². The zero-order valence-electron chi connectivity index (χ0n) is 16.3. The van der Waals surface area contributed by atoms with Crippen molar-refractivity contribution in [2.45, 2.75) is 19.4 Å². The van der Waals surface area contributed by atoms with Crippen LogP contribution in [0.4, 0.5) is 5.69 Å². The van der Waals surface area contributed by atoms with Crippen LogP contribution < -0.4 is 9.64 Å². The average molecular weight is 395 g/mol. The van der Waals surface area contributed by atoms with Crippen molar-refractivity contribution in [3.05, 3.63) is 71.0 Å². The average Bonchev–Trinajstić information content (AvgIpc) is 3.03. The molecule has 1 atom stereocenters. The third kappa shape index (κ3) is 3.59. The summed E-state index contributed by atoms with van der Waals surface area (Å²) in [7, 11) is 2.82. The molecule has 0 aromatic heterocycles. The van der Waals surface area contributed by atoms with Gasteiger partial charge in [-0.1, -0.05) is 19.1 Å². The number of rotatable bonds is 6. The second kappa shape index (κ2) is 8.18. The maximum Gasteiger partial charge on any atom is 0.337 e. The van der Waals surface area contributed by atoms with Gasteiger partial charge in [-0.15, -0.1) is 0 Å². The predicted molar refractivity (Wildman–Crippen MR) is 106 cm³/mol. The largest absolute Gasteiger partial charge is 0.503 e. The first-order valence-electron chi connectivity index (χ1n) is 9.05. The van der Waals surface area contributed by atoms with Crippen molar-refractivity contribution in [3.8, 4) is 5.75 Å². The lowest BCUT2D eigenvalue weighted by molar-refractivity contribution is -0.118. The molecule has 3 rings (SSSR count). The van der Waals surface area contributed by atoms with E-state index in [2.05, 4.69) is 0 Å². The van der Waals surface area contributed by atoms with Crippen LogP contribution in [0, 0.1) is 0 Å². The molecule has 0 saturated carbocycles. The molecule has 29 heavy (non-hydrogen) atoms. The number of ketones is 1. The van der Waals surface area contributed by atoms with Gasteiger partial charge in [0.15, 0.2) is 11.5 Å². The fourth-order valence-corrected chi connectivity index (χ4v) is 3.32. The number of hydrogen-bond acceptors (Lipinski definition) is 6. The molecule has 0 radical (unpaired) electrons. The van der Waals surface area contributed by atoms with Crippen molar-refractivity contribution in [2.75, 3.05) is 19.1 Å². The first-order chi connectivity index (χ1) is 13.9. The third-order valence-electron chi connectivity index (χ3n) is 4.83. The first kappa shape index (κ1) is 20.1. The Bertz CT molecular complexity index is 975. The zero-order chi connectivity index (χ0) is 21.1. The molecule has 0 saturated heterocycles. The molecule has 1 heterocycles. The lowest BCUT2D eigenvalue weighted by Crippen LogP contribution is -2.31. The number of ether oxygens (including phenoxy) is 2. The molecule has 0 bridgehead atoms. The molecule has 1 amide bonds. The summed E-state index contributed by atoms with van der Waals surface area (Å²) in [4.78, 5) is 38.5. The van der Waals surface area contributed by atoms with Crippen molar-refractivity contribution in [1.29, 1.82) is 0 Å². The number of aliphatic hydroxyl groups is 1. The molecule has 7 heteroatoms. The van der Waals surface area contributed by atoms with Crippen LogP contribution >= 0.6 is 0 Å². The van der Waals surface area contributed by atoms with Crippen LogP contribution in [0.3, 0.4) is 0 Å². The van der Waals surface area contributed by atoms with E-state index in [0.29, 0.717) is 22.6 Å². The van der Waals surface area contributed by atoms with Crippen molar-refractivity contribution in [3.63, 3.8) is 0 Å². The van der Waals surface area contributed by atoms with Gasteiger partial charge in [0.25, 0.3) is 5.91 Å². The van der Waals surface area contributed by atoms with Gasteiger partial charge in [-0.25, -0.2) is 4.79 Å². The van der Waals surface area contributed by atoms with Crippen molar-refractivity contribution >= 4 is 23.3 Å². The second-order valence-corrected chi connectivity index (χ2v) is 6.43. The summed E-state index contributed by atoms with van der Waals surface area (Å²) in [6, 6.07) is 12.4. The fourth-order valence-electron chi connectivity index (χ4n) is 3.32. The minimum absolute atomic E-state index is 0.0553. The summed E-state index contributed by atoms with van der Waals surface area (Å²) in [5.41, 5.74) is 1.47. The van der Waals surface area contributed by atoms with Crippen LogP contribution in [-0.2, 0) is 14.3 Å². The number of methoxy groups -OCH3 is 2. The summed E-state index contributed by atoms with van der Waals surface area (Å²) in [6.07, 6.45) is 0.147. The van der Waals surface area contributed by atoms with Crippen molar-refractivity contribution in [2.24, 2.45) is 0 Å². The summed E-state index contributed by atoms with van der Waals surface area (Å²) in [5.74, 6) is -1.42. The number of anilines is 1. The SMILES string of the molecule is CCC(=O)C1=C(O)C(=O)N(c2ccc(C(=O)OC)cc2)C1c1ccc(OC)cc1. The van der Waals surface area contributed by atoms with Gasteiger partial charge in [-0.2, -0.15) is 0 Å². The van der Waals surface area contributed by atoms with Gasteiger partial charge in [-0.3, -0.25) is 14.5 Å². The van der Waals surface area contributed by atoms with E-state index in [9.17, 15) is 19.5 Å². The van der Waals surface area contributed by atoms with Crippen LogP contribution in [0.25, 0.3) is 0 Å². The molecular weight excluding hydrogens is 374 g/mol. The Hall–Kier alpha value is -3.61. The van der Waals surface area contributed by atoms with Crippen LogP contribution in [0.2, 0.25) is 0 Å². The van der Waals surface area contributed by atoms with Gasteiger partial charge in [0, 0.05) is 12.1 Å². The van der Waals surface area contributed by atoms with E-state index >= 15 is 0 Å². The molecule has 150 valence electrons. The Morgan fingerprint density at radius 2 is 1.66 bits per heavy atom. The monoisotopic (exact) mass is 395 g/mol. The minimum Gasteiger partial charge on any atom is -0.503 e. The Balaban J connectivity index is 2.09. The lowest BCUT2D eigenvalue weighted by Gasteiger charge is -2.27. The van der Waals surface area contributed by atoms with Crippen LogP contribution in [-0.4, -0.2) is 37.0 Å². The number of hydrogen-bond donors (Lipinski definition) is 1. The molecule has 1 N–H and O–H groups in total. The summed E-state index contributed by atoms with van der Waals surface area (Å²) >= 11 is 0. The maximum atomic E-state index is 12.9. The summed E-state index contributed by atoms with van der Waals surface area (Å²) in [5, 5.41) is 10.5. The number of Topliss-reactive ketones (excluding diaryl/α,β-unsaturated/α-hetero) is 1. The van der Waals surface area contributed by atoms with Gasteiger partial charge in [0.2, 0.25) is 0 Å². The number of nitrogens with zero attached hydrogens (tertiary/aromatic N) is 1. The zero-order valence-corrected chi connectivity index (χ0v) is 16.3. The van der Waals surface area contributed by atoms with Gasteiger partial charge >= 0.3 is 5.97 Å². The van der Waals surface area contributed by atoms with E-state index in [1.54, 1.807) is 50.4 Å². The molecular formula is C22H21NO6. The highest BCUT2D eigenvalue weighted by atomic mass is 16.5. The molecule has 7 nitrogen and oxygen atoms in total. The molecule has 0 fully saturated rings. The van der Waals surface area contributed by atoms with E-state index < -0.39 is 23.7 Å². The third-order valence-corrected chi connectivity index (χ3v) is 4.83. The van der Waals surface area contributed by atoms with Gasteiger partial charge in [0.1, 0.15) is 5.75 Å². The lowest BCUT2D eigenvalue weighted by atomic mass is 9.94. The quantitative estimate of drug-likeness (QED) is 0.754. The Kier molecular flexibility index (Phi) is 5.68. The summed E-state index contributed by atoms with van der Waals surface area (Å²) in [6.45, 7) is 1.67. The highest BCUT2D eigenvalue weighted by Gasteiger charge is 2.43. The predicted octanol–water partition coefficient (Wildman–Crippen LogP) is 3.36. The molecule has 2 aromatic carbocycles. The van der Waals surface area contributed by atoms with Gasteiger partial charge < -0.3 is 14.6 Å². The number of carbonyl (C=O) groups excluding carboxylic acids is 3. The molecule has 0 spiro atoms. The smallest absolute Gasteiger partial charge is 0.337 e. The standard InChI is InChI=1S/C22H21NO6/c1-4-17(24)18-19(13-7-11-16(28-2)12-8-13)23(21(26)20(18)25)15-9-5-14(6-10-15)22(27)29-3/h5-12,19,25H,4H2,1-3H3. The molecule has 1 aliphatic rings. The number of aliphatic hydroxyl groups excluding tert-OH is 1. The van der Waals surface area contributed by atoms with E-state index in [4.69, 9.17) is 9.47 Å². The van der Waals surface area contributed by atoms with Crippen LogP contribution in [0.1, 0.15) is 35.3 Å². The normalized spacial score (nSPS) is 16.2. The number of carbonyl (C=O) groups is 3. The molecule has 2 aromatic rings. The van der Waals surface area contributed by atoms with Gasteiger partial charge in [-0.05, 0) is 42.0 Å². The molecule has 1 aliphatic heterocycles. The van der Waals surface area contributed by atoms with Crippen LogP contribution in [0.5, 0.6) is 5.75 Å². The van der Waals surface area contributed by atoms with E-state index in [1.807, 2.05) is 0 Å². The van der Waals surface area contributed by atoms with Crippen molar-refractivity contribution < 1.29 is 29.0 Å². The highest BCUT2D eigenvalue weighted by Crippen LogP contribution is 2.41. The molecule has 1 unspecified atom stereocenters. The Morgan fingerprint density at radius 3 is 2.17 bits per heavy atom. The minimum atomic E-state index is -0.787. The van der Waals surface area contributed by atoms with Crippen molar-refractivity contribution in [1.82, 2.24) is 0 Å². The Morgan fingerprint density at radius 1 is 1.03 bits per heavy atom. The van der Waals surface area contributed by atoms with Gasteiger partial charge in [0.05, 0.1) is 31.4 Å². The molecule has 0 aliphatic carbocycles. The van der Waals surface area contributed by atoms with Crippen LogP contribution in [0.15, 0.2) is 59.9 Å². The number of esters is 1. The Labute approximate surface area is 168 Å². The first-order valence-corrected chi connectivity index (χ1v) is 9.05.